The summed E-state index contributed by atoms with van der Waals surface area (Å²) < 4.78 is 0. The summed E-state index contributed by atoms with van der Waals surface area (Å²) in [5.74, 6) is -0.662. The first-order valence-electron chi connectivity index (χ1n) is 6.59. The fourth-order valence-electron chi connectivity index (χ4n) is 2.18. The van der Waals surface area contributed by atoms with Gasteiger partial charge in [0.2, 0.25) is 0 Å². The van der Waals surface area contributed by atoms with E-state index in [9.17, 15) is 9.59 Å². The van der Waals surface area contributed by atoms with Crippen LogP contribution >= 0.6 is 0 Å². The molecule has 2 amide bonds. The second-order valence-corrected chi connectivity index (χ2v) is 5.80. The number of benzene rings is 1. The zero-order valence-electron chi connectivity index (χ0n) is 12.5. The van der Waals surface area contributed by atoms with Crippen molar-refractivity contribution >= 4 is 17.5 Å². The minimum atomic E-state index is -0.602. The van der Waals surface area contributed by atoms with Crippen LogP contribution in [-0.4, -0.2) is 22.3 Å². The predicted molar refractivity (Wildman–Crippen MR) is 79.6 cm³/mol. The summed E-state index contributed by atoms with van der Waals surface area (Å²) >= 11 is 0. The van der Waals surface area contributed by atoms with Gasteiger partial charge in [0.25, 0.3) is 11.8 Å². The van der Waals surface area contributed by atoms with E-state index in [2.05, 4.69) is 5.32 Å². The third-order valence-corrected chi connectivity index (χ3v) is 3.18. The molecule has 0 unspecified atom stereocenters. The first-order chi connectivity index (χ1) is 10.3. The normalized spacial score (nSPS) is 13.2. The van der Waals surface area contributed by atoms with Gasteiger partial charge in [0.05, 0.1) is 11.1 Å². The largest absolute Gasteiger partial charge is 0.360 e. The van der Waals surface area contributed by atoms with Gasteiger partial charge in [-0.05, 0) is 39.0 Å². The van der Waals surface area contributed by atoms with Crippen LogP contribution in [0.3, 0.4) is 0 Å². The molecule has 0 radical (unpaired) electrons. The number of nitriles is 2. The van der Waals surface area contributed by atoms with E-state index in [4.69, 9.17) is 10.5 Å². The van der Waals surface area contributed by atoms with Crippen LogP contribution in [0.15, 0.2) is 30.0 Å². The second-order valence-electron chi connectivity index (χ2n) is 5.80. The van der Waals surface area contributed by atoms with Gasteiger partial charge in [0, 0.05) is 17.4 Å². The number of allylic oxidation sites excluding steroid dienone is 1. The number of hydrogen-bond acceptors (Lipinski definition) is 5. The summed E-state index contributed by atoms with van der Waals surface area (Å²) in [4.78, 5) is 26.0. The van der Waals surface area contributed by atoms with Gasteiger partial charge in [-0.1, -0.05) is 0 Å². The average Bonchev–Trinajstić information content (AvgIpc) is 2.71. The lowest BCUT2D eigenvalue weighted by Crippen LogP contribution is -2.45. The van der Waals surface area contributed by atoms with E-state index in [0.29, 0.717) is 16.8 Å². The fourth-order valence-corrected chi connectivity index (χ4v) is 2.18. The van der Waals surface area contributed by atoms with Gasteiger partial charge in [-0.3, -0.25) is 14.5 Å². The standard InChI is InChI=1S/C16H14N4O2/c1-16(2,3)20-14(21)12-5-4-11(6-13(12)15(20)22)19-9-10(7-17)8-18/h4-6,9,19H,1-3H3. The molecule has 6 heteroatoms. The lowest BCUT2D eigenvalue weighted by Gasteiger charge is -2.29. The molecule has 1 aliphatic rings. The fraction of sp³-hybridized carbons (Fsp3) is 0.250. The van der Waals surface area contributed by atoms with Gasteiger partial charge in [-0.15, -0.1) is 0 Å². The summed E-state index contributed by atoms with van der Waals surface area (Å²) in [7, 11) is 0. The van der Waals surface area contributed by atoms with Crippen LogP contribution in [0.1, 0.15) is 41.5 Å². The van der Waals surface area contributed by atoms with Crippen LogP contribution in [0.5, 0.6) is 0 Å². The Kier molecular flexibility index (Phi) is 3.71. The van der Waals surface area contributed by atoms with Crippen LogP contribution in [0.2, 0.25) is 0 Å². The Morgan fingerprint density at radius 2 is 1.73 bits per heavy atom. The van der Waals surface area contributed by atoms with Crippen molar-refractivity contribution in [3.8, 4) is 12.1 Å². The van der Waals surface area contributed by atoms with Crippen LogP contribution in [0, 0.1) is 22.7 Å². The topological polar surface area (TPSA) is 97.0 Å². The number of imide groups is 1. The summed E-state index contributed by atoms with van der Waals surface area (Å²) in [5.41, 5.74) is 0.511. The van der Waals surface area contributed by atoms with Crippen molar-refractivity contribution in [2.24, 2.45) is 0 Å². The summed E-state index contributed by atoms with van der Waals surface area (Å²) in [6, 6.07) is 8.19. The molecular formula is C16H14N4O2. The zero-order chi connectivity index (χ0) is 16.5. The van der Waals surface area contributed by atoms with Gasteiger partial charge in [0.1, 0.15) is 17.7 Å². The number of nitrogens with zero attached hydrogens (tertiary/aromatic N) is 3. The van der Waals surface area contributed by atoms with E-state index in [-0.39, 0.29) is 17.4 Å². The maximum Gasteiger partial charge on any atom is 0.262 e. The maximum atomic E-state index is 12.4. The number of anilines is 1. The molecule has 1 heterocycles. The Hall–Kier alpha value is -3.12. The number of carbonyl (C=O) groups excluding carboxylic acids is 2. The Morgan fingerprint density at radius 3 is 2.27 bits per heavy atom. The highest BCUT2D eigenvalue weighted by atomic mass is 16.2. The van der Waals surface area contributed by atoms with Gasteiger partial charge < -0.3 is 5.32 Å². The molecule has 1 N–H and O–H groups in total. The van der Waals surface area contributed by atoms with Crippen LogP contribution in [-0.2, 0) is 0 Å². The van der Waals surface area contributed by atoms with Gasteiger partial charge in [-0.25, -0.2) is 0 Å². The Labute approximate surface area is 128 Å². The van der Waals surface area contributed by atoms with Crippen LogP contribution in [0.4, 0.5) is 5.69 Å². The second kappa shape index (κ2) is 5.34. The molecule has 0 atom stereocenters. The van der Waals surface area contributed by atoms with Crippen molar-refractivity contribution in [1.29, 1.82) is 10.5 Å². The molecule has 0 saturated carbocycles. The summed E-state index contributed by atoms with van der Waals surface area (Å²) in [6.07, 6.45) is 1.25. The molecular weight excluding hydrogens is 280 g/mol. The molecule has 0 spiro atoms. The van der Waals surface area contributed by atoms with E-state index in [1.54, 1.807) is 51.1 Å². The molecule has 0 fully saturated rings. The Balaban J connectivity index is 2.37. The summed E-state index contributed by atoms with van der Waals surface area (Å²) in [6.45, 7) is 5.38. The van der Waals surface area contributed by atoms with Crippen molar-refractivity contribution in [1.82, 2.24) is 4.90 Å². The molecule has 22 heavy (non-hydrogen) atoms. The number of fused-ring (bicyclic) bond motifs is 1. The highest BCUT2D eigenvalue weighted by Gasteiger charge is 2.41. The summed E-state index contributed by atoms with van der Waals surface area (Å²) in [5, 5.41) is 20.1. The third kappa shape index (κ3) is 2.55. The van der Waals surface area contributed by atoms with E-state index >= 15 is 0 Å². The van der Waals surface area contributed by atoms with Crippen molar-refractivity contribution in [2.75, 3.05) is 5.32 Å². The third-order valence-electron chi connectivity index (χ3n) is 3.18. The molecule has 0 saturated heterocycles. The molecule has 110 valence electrons. The monoisotopic (exact) mass is 294 g/mol. The molecule has 0 aromatic heterocycles. The lowest BCUT2D eigenvalue weighted by molar-refractivity contribution is 0.0508. The average molecular weight is 294 g/mol. The van der Waals surface area contributed by atoms with E-state index in [1.807, 2.05) is 0 Å². The van der Waals surface area contributed by atoms with Crippen molar-refractivity contribution < 1.29 is 9.59 Å². The lowest BCUT2D eigenvalue weighted by atomic mass is 10.1. The van der Waals surface area contributed by atoms with E-state index in [1.165, 1.54) is 11.1 Å². The molecule has 1 aromatic rings. The first-order valence-corrected chi connectivity index (χ1v) is 6.59. The Morgan fingerprint density at radius 1 is 1.14 bits per heavy atom. The van der Waals surface area contributed by atoms with Gasteiger partial charge >= 0.3 is 0 Å². The van der Waals surface area contributed by atoms with E-state index in [0.717, 1.165) is 0 Å². The molecule has 1 aliphatic heterocycles. The molecule has 2 rings (SSSR count). The molecule has 0 bridgehead atoms. The highest BCUT2D eigenvalue weighted by molar-refractivity contribution is 6.22. The highest BCUT2D eigenvalue weighted by Crippen LogP contribution is 2.30. The number of amides is 2. The number of nitrogens with one attached hydrogen (secondary N) is 1. The van der Waals surface area contributed by atoms with Crippen molar-refractivity contribution in [2.45, 2.75) is 26.3 Å². The Bertz CT molecular complexity index is 757. The zero-order valence-corrected chi connectivity index (χ0v) is 12.5. The number of carbonyl (C=O) groups is 2. The minimum Gasteiger partial charge on any atom is -0.360 e. The molecule has 0 aliphatic carbocycles. The number of rotatable bonds is 2. The quantitative estimate of drug-likeness (QED) is 0.667. The first kappa shape index (κ1) is 15.3. The molecule has 6 nitrogen and oxygen atoms in total. The predicted octanol–water partition coefficient (Wildman–Crippen LogP) is 2.42. The molecule has 1 aromatic carbocycles. The van der Waals surface area contributed by atoms with E-state index < -0.39 is 5.54 Å². The van der Waals surface area contributed by atoms with Crippen LogP contribution in [0.25, 0.3) is 0 Å². The number of hydrogen-bond donors (Lipinski definition) is 1. The van der Waals surface area contributed by atoms with Crippen molar-refractivity contribution in [3.05, 3.63) is 41.1 Å². The minimum absolute atomic E-state index is 0.0841. The van der Waals surface area contributed by atoms with Gasteiger partial charge in [-0.2, -0.15) is 10.5 Å². The maximum absolute atomic E-state index is 12.4. The van der Waals surface area contributed by atoms with Crippen LogP contribution < -0.4 is 5.32 Å². The SMILES string of the molecule is CC(C)(C)N1C(=O)c2ccc(NC=C(C#N)C#N)cc2C1=O. The van der Waals surface area contributed by atoms with Crippen molar-refractivity contribution in [3.63, 3.8) is 0 Å². The van der Waals surface area contributed by atoms with Gasteiger partial charge in [0.15, 0.2) is 0 Å². The smallest absolute Gasteiger partial charge is 0.262 e.